The van der Waals surface area contributed by atoms with E-state index in [9.17, 15) is 4.79 Å². The number of hydrogen-bond donors (Lipinski definition) is 1. The number of pyridine rings is 1. The maximum absolute atomic E-state index is 10.9. The highest BCUT2D eigenvalue weighted by molar-refractivity contribution is 5.88. The highest BCUT2D eigenvalue weighted by Gasteiger charge is 2.14. The lowest BCUT2D eigenvalue weighted by Crippen LogP contribution is -2.17. The average molecular weight is 260 g/mol. The Labute approximate surface area is 111 Å². The molecule has 1 N–H and O–H groups in total. The number of carboxylic acid groups (broad SMARTS) is 1. The van der Waals surface area contributed by atoms with Crippen LogP contribution in [-0.2, 0) is 13.1 Å². The van der Waals surface area contributed by atoms with Crippen molar-refractivity contribution in [3.63, 3.8) is 0 Å². The van der Waals surface area contributed by atoms with Gasteiger partial charge in [0.1, 0.15) is 17.1 Å². The van der Waals surface area contributed by atoms with Gasteiger partial charge in [0.15, 0.2) is 0 Å². The summed E-state index contributed by atoms with van der Waals surface area (Å²) in [5, 5.41) is 8.96. The average Bonchev–Trinajstić information content (AvgIpc) is 2.71. The lowest BCUT2D eigenvalue weighted by atomic mass is 10.2. The Morgan fingerprint density at radius 2 is 2.21 bits per heavy atom. The molecule has 0 spiro atoms. The maximum Gasteiger partial charge on any atom is 0.339 e. The molecule has 0 radical (unpaired) electrons. The molecular formula is C14H16N2O3. The topological polar surface area (TPSA) is 66.6 Å². The van der Waals surface area contributed by atoms with Crippen molar-refractivity contribution in [1.29, 1.82) is 0 Å². The predicted molar refractivity (Wildman–Crippen MR) is 69.8 cm³/mol. The summed E-state index contributed by atoms with van der Waals surface area (Å²) >= 11 is 0. The quantitative estimate of drug-likeness (QED) is 0.893. The molecule has 5 nitrogen and oxygen atoms in total. The van der Waals surface area contributed by atoms with Crippen LogP contribution in [0.5, 0.6) is 0 Å². The van der Waals surface area contributed by atoms with E-state index < -0.39 is 5.97 Å². The second-order valence-electron chi connectivity index (χ2n) is 4.48. The number of aromatic carboxylic acids is 1. The van der Waals surface area contributed by atoms with Gasteiger partial charge in [-0.15, -0.1) is 0 Å². The molecule has 0 aliphatic heterocycles. The van der Waals surface area contributed by atoms with E-state index in [0.717, 1.165) is 5.69 Å². The molecule has 0 saturated heterocycles. The summed E-state index contributed by atoms with van der Waals surface area (Å²) in [7, 11) is 1.94. The molecular weight excluding hydrogens is 244 g/mol. The number of aryl methyl sites for hydroxylation is 1. The summed E-state index contributed by atoms with van der Waals surface area (Å²) in [4.78, 5) is 17.2. The van der Waals surface area contributed by atoms with E-state index >= 15 is 0 Å². The molecule has 0 amide bonds. The Kier molecular flexibility index (Phi) is 3.97. The summed E-state index contributed by atoms with van der Waals surface area (Å²) < 4.78 is 5.44. The van der Waals surface area contributed by atoms with Crippen molar-refractivity contribution in [3.05, 3.63) is 53.2 Å². The lowest BCUT2D eigenvalue weighted by molar-refractivity contribution is 0.0695. The van der Waals surface area contributed by atoms with Gasteiger partial charge in [0, 0.05) is 12.7 Å². The van der Waals surface area contributed by atoms with Crippen LogP contribution in [0.2, 0.25) is 0 Å². The molecule has 0 aromatic carbocycles. The minimum Gasteiger partial charge on any atom is -0.478 e. The van der Waals surface area contributed by atoms with E-state index in [0.29, 0.717) is 24.6 Å². The molecule has 0 atom stereocenters. The molecule has 5 heteroatoms. The van der Waals surface area contributed by atoms with Crippen LogP contribution in [0.15, 0.2) is 34.9 Å². The van der Waals surface area contributed by atoms with Gasteiger partial charge in [0.05, 0.1) is 12.2 Å². The number of carboxylic acids is 1. The van der Waals surface area contributed by atoms with Gasteiger partial charge in [0.25, 0.3) is 0 Å². The molecule has 100 valence electrons. The molecule has 0 bridgehead atoms. The summed E-state index contributed by atoms with van der Waals surface area (Å²) in [5.74, 6) is 0.127. The SMILES string of the molecule is Cc1oc(CN(C)Cc2ccccn2)cc1C(=O)O. The van der Waals surface area contributed by atoms with Crippen molar-refractivity contribution in [2.24, 2.45) is 0 Å². The van der Waals surface area contributed by atoms with Gasteiger partial charge in [-0.3, -0.25) is 9.88 Å². The number of aromatic nitrogens is 1. The van der Waals surface area contributed by atoms with Crippen molar-refractivity contribution >= 4 is 5.97 Å². The second-order valence-corrected chi connectivity index (χ2v) is 4.48. The van der Waals surface area contributed by atoms with Gasteiger partial charge in [-0.2, -0.15) is 0 Å². The monoisotopic (exact) mass is 260 g/mol. The minimum absolute atomic E-state index is 0.223. The smallest absolute Gasteiger partial charge is 0.339 e. The fraction of sp³-hybridized carbons (Fsp3) is 0.286. The first-order chi connectivity index (χ1) is 9.06. The van der Waals surface area contributed by atoms with E-state index in [-0.39, 0.29) is 5.56 Å². The third-order valence-electron chi connectivity index (χ3n) is 2.78. The van der Waals surface area contributed by atoms with Gasteiger partial charge in [-0.25, -0.2) is 4.79 Å². The molecule has 2 rings (SSSR count). The molecule has 19 heavy (non-hydrogen) atoms. The van der Waals surface area contributed by atoms with E-state index in [4.69, 9.17) is 9.52 Å². The molecule has 2 aromatic rings. The first kappa shape index (κ1) is 13.3. The largest absolute Gasteiger partial charge is 0.478 e. The molecule has 0 aliphatic rings. The van der Waals surface area contributed by atoms with E-state index in [1.54, 1.807) is 19.2 Å². The van der Waals surface area contributed by atoms with Crippen LogP contribution in [0.1, 0.15) is 27.6 Å². The van der Waals surface area contributed by atoms with Gasteiger partial charge in [-0.05, 0) is 32.2 Å². The molecule has 2 aromatic heterocycles. The normalized spacial score (nSPS) is 10.9. The van der Waals surface area contributed by atoms with E-state index in [1.807, 2.05) is 30.1 Å². The zero-order valence-corrected chi connectivity index (χ0v) is 11.0. The number of rotatable bonds is 5. The predicted octanol–water partition coefficient (Wildman–Crippen LogP) is 2.31. The molecule has 0 aliphatic carbocycles. The van der Waals surface area contributed by atoms with Crippen LogP contribution < -0.4 is 0 Å². The standard InChI is InChI=1S/C14H16N2O3/c1-10-13(14(17)18)7-12(19-10)9-16(2)8-11-5-3-4-6-15-11/h3-7H,8-9H2,1-2H3,(H,17,18). The van der Waals surface area contributed by atoms with Crippen LogP contribution in [0.25, 0.3) is 0 Å². The zero-order chi connectivity index (χ0) is 13.8. The summed E-state index contributed by atoms with van der Waals surface area (Å²) in [6.45, 7) is 2.89. The number of carbonyl (C=O) groups is 1. The van der Waals surface area contributed by atoms with Crippen molar-refractivity contribution in [3.8, 4) is 0 Å². The van der Waals surface area contributed by atoms with E-state index in [1.165, 1.54) is 0 Å². The Balaban J connectivity index is 2.01. The van der Waals surface area contributed by atoms with Crippen molar-refractivity contribution < 1.29 is 14.3 Å². The highest BCUT2D eigenvalue weighted by atomic mass is 16.4. The summed E-state index contributed by atoms with van der Waals surface area (Å²) in [6.07, 6.45) is 1.75. The summed E-state index contributed by atoms with van der Waals surface area (Å²) in [6, 6.07) is 7.34. The minimum atomic E-state index is -0.958. The fourth-order valence-corrected chi connectivity index (χ4v) is 1.92. The second kappa shape index (κ2) is 5.67. The third kappa shape index (κ3) is 3.42. The highest BCUT2D eigenvalue weighted by Crippen LogP contribution is 2.16. The van der Waals surface area contributed by atoms with Crippen LogP contribution >= 0.6 is 0 Å². The number of hydrogen-bond acceptors (Lipinski definition) is 4. The van der Waals surface area contributed by atoms with Crippen LogP contribution in [0.4, 0.5) is 0 Å². The lowest BCUT2D eigenvalue weighted by Gasteiger charge is -2.14. The first-order valence-corrected chi connectivity index (χ1v) is 5.97. The number of nitrogens with zero attached hydrogens (tertiary/aromatic N) is 2. The zero-order valence-electron chi connectivity index (χ0n) is 11.0. The van der Waals surface area contributed by atoms with Gasteiger partial charge >= 0.3 is 5.97 Å². The van der Waals surface area contributed by atoms with Gasteiger partial charge < -0.3 is 9.52 Å². The Morgan fingerprint density at radius 3 is 2.79 bits per heavy atom. The first-order valence-electron chi connectivity index (χ1n) is 5.97. The molecule has 0 fully saturated rings. The summed E-state index contributed by atoms with van der Waals surface area (Å²) in [5.41, 5.74) is 1.19. The van der Waals surface area contributed by atoms with Crippen LogP contribution in [0, 0.1) is 6.92 Å². The Hall–Kier alpha value is -2.14. The fourth-order valence-electron chi connectivity index (χ4n) is 1.92. The number of furan rings is 1. The van der Waals surface area contributed by atoms with Gasteiger partial charge in [-0.1, -0.05) is 6.07 Å². The molecule has 0 unspecified atom stereocenters. The van der Waals surface area contributed by atoms with E-state index in [2.05, 4.69) is 4.98 Å². The Morgan fingerprint density at radius 1 is 1.42 bits per heavy atom. The maximum atomic E-state index is 10.9. The molecule has 0 saturated carbocycles. The van der Waals surface area contributed by atoms with Crippen molar-refractivity contribution in [2.75, 3.05) is 7.05 Å². The van der Waals surface area contributed by atoms with Gasteiger partial charge in [0.2, 0.25) is 0 Å². The van der Waals surface area contributed by atoms with Crippen molar-refractivity contribution in [1.82, 2.24) is 9.88 Å². The van der Waals surface area contributed by atoms with Crippen LogP contribution in [-0.4, -0.2) is 28.0 Å². The Bertz CT molecular complexity index is 563. The third-order valence-corrected chi connectivity index (χ3v) is 2.78. The van der Waals surface area contributed by atoms with Crippen molar-refractivity contribution in [2.45, 2.75) is 20.0 Å². The molecule has 2 heterocycles. The van der Waals surface area contributed by atoms with Crippen LogP contribution in [0.3, 0.4) is 0 Å².